The summed E-state index contributed by atoms with van der Waals surface area (Å²) in [4.78, 5) is 25.0. The fourth-order valence-electron chi connectivity index (χ4n) is 4.42. The zero-order valence-electron chi connectivity index (χ0n) is 17.3. The minimum absolute atomic E-state index is 0.0841. The molecule has 0 atom stereocenters. The van der Waals surface area contributed by atoms with Crippen molar-refractivity contribution in [1.82, 2.24) is 0 Å². The normalized spacial score (nSPS) is 20.8. The summed E-state index contributed by atoms with van der Waals surface area (Å²) in [6, 6.07) is 16.0. The van der Waals surface area contributed by atoms with Gasteiger partial charge in [0, 0.05) is 10.9 Å². The topological polar surface area (TPSA) is 101 Å². The van der Waals surface area contributed by atoms with Gasteiger partial charge in [0.25, 0.3) is 0 Å². The molecule has 0 saturated heterocycles. The average Bonchev–Trinajstić information content (AvgIpc) is 3.26. The van der Waals surface area contributed by atoms with Gasteiger partial charge in [-0.25, -0.2) is 0 Å². The molecule has 1 N–H and O–H groups in total. The Kier molecular flexibility index (Phi) is 5.51. The van der Waals surface area contributed by atoms with Crippen LogP contribution in [0.15, 0.2) is 52.9 Å². The second-order valence-electron chi connectivity index (χ2n) is 7.90. The van der Waals surface area contributed by atoms with Crippen LogP contribution in [0.2, 0.25) is 0 Å². The summed E-state index contributed by atoms with van der Waals surface area (Å²) in [5.41, 5.74) is 0.554. The summed E-state index contributed by atoms with van der Waals surface area (Å²) >= 11 is 0. The molecule has 2 aromatic carbocycles. The van der Waals surface area contributed by atoms with Crippen molar-refractivity contribution in [2.75, 3.05) is 6.61 Å². The van der Waals surface area contributed by atoms with E-state index in [1.165, 1.54) is 6.07 Å². The van der Waals surface area contributed by atoms with Gasteiger partial charge in [-0.05, 0) is 50.3 Å². The molecule has 31 heavy (non-hydrogen) atoms. The van der Waals surface area contributed by atoms with Crippen molar-refractivity contribution in [2.45, 2.75) is 38.0 Å². The summed E-state index contributed by atoms with van der Waals surface area (Å²) in [5, 5.41) is 21.0. The molecule has 0 bridgehead atoms. The first-order chi connectivity index (χ1) is 15.0. The molecule has 4 rings (SSSR count). The summed E-state index contributed by atoms with van der Waals surface area (Å²) in [5.74, 6) is -0.701. The van der Waals surface area contributed by atoms with E-state index in [1.807, 2.05) is 6.07 Å². The van der Waals surface area contributed by atoms with Crippen LogP contribution >= 0.6 is 0 Å². The van der Waals surface area contributed by atoms with Crippen LogP contribution in [0.1, 0.15) is 54.3 Å². The number of hydrogen-bond donors (Lipinski definition) is 1. The number of nitriles is 1. The van der Waals surface area contributed by atoms with Crippen molar-refractivity contribution in [2.24, 2.45) is 5.92 Å². The number of carbonyl (C=O) groups excluding carboxylic acids is 2. The van der Waals surface area contributed by atoms with Crippen LogP contribution < -0.4 is 0 Å². The maximum Gasteiger partial charge on any atom is 0.308 e. The summed E-state index contributed by atoms with van der Waals surface area (Å²) < 4.78 is 10.9. The highest BCUT2D eigenvalue weighted by molar-refractivity contribution is 6.09. The molecular formula is C25H23NO5. The lowest BCUT2D eigenvalue weighted by molar-refractivity contribution is -0.149. The van der Waals surface area contributed by atoms with Crippen molar-refractivity contribution < 1.29 is 23.8 Å². The maximum absolute atomic E-state index is 12.9. The Labute approximate surface area is 180 Å². The number of fused-ring (bicyclic) bond motifs is 1. The highest BCUT2D eigenvalue weighted by Crippen LogP contribution is 2.46. The number of phenols is 1. The van der Waals surface area contributed by atoms with E-state index < -0.39 is 5.41 Å². The van der Waals surface area contributed by atoms with Crippen molar-refractivity contribution in [1.29, 1.82) is 5.26 Å². The van der Waals surface area contributed by atoms with Crippen LogP contribution in [0.3, 0.4) is 0 Å². The first kappa shape index (κ1) is 20.7. The van der Waals surface area contributed by atoms with Gasteiger partial charge in [-0.1, -0.05) is 36.4 Å². The Morgan fingerprint density at radius 1 is 1.19 bits per heavy atom. The molecule has 1 aromatic heterocycles. The molecule has 0 radical (unpaired) electrons. The molecule has 1 aliphatic rings. The van der Waals surface area contributed by atoms with Crippen molar-refractivity contribution in [3.63, 3.8) is 0 Å². The Morgan fingerprint density at radius 3 is 2.55 bits per heavy atom. The quantitative estimate of drug-likeness (QED) is 0.469. The third kappa shape index (κ3) is 3.68. The molecule has 1 aliphatic carbocycles. The van der Waals surface area contributed by atoms with E-state index in [4.69, 9.17) is 9.15 Å². The Bertz CT molecular complexity index is 1160. The van der Waals surface area contributed by atoms with E-state index in [-0.39, 0.29) is 34.8 Å². The van der Waals surface area contributed by atoms with Gasteiger partial charge < -0.3 is 14.3 Å². The molecule has 1 fully saturated rings. The number of esters is 1. The zero-order chi connectivity index (χ0) is 22.0. The number of furan rings is 1. The molecule has 0 aliphatic heterocycles. The number of aromatic hydroxyl groups is 1. The van der Waals surface area contributed by atoms with E-state index in [9.17, 15) is 20.0 Å². The smallest absolute Gasteiger partial charge is 0.308 e. The third-order valence-corrected chi connectivity index (χ3v) is 6.11. The number of hydrogen-bond acceptors (Lipinski definition) is 6. The van der Waals surface area contributed by atoms with E-state index in [0.29, 0.717) is 48.8 Å². The highest BCUT2D eigenvalue weighted by atomic mass is 16.5. The fraction of sp³-hybridized carbons (Fsp3) is 0.320. The lowest BCUT2D eigenvalue weighted by Crippen LogP contribution is -2.33. The molecule has 1 heterocycles. The van der Waals surface area contributed by atoms with Crippen molar-refractivity contribution in [3.8, 4) is 11.8 Å². The molecule has 158 valence electrons. The van der Waals surface area contributed by atoms with E-state index in [2.05, 4.69) is 6.07 Å². The number of benzene rings is 2. The van der Waals surface area contributed by atoms with Gasteiger partial charge in [0.05, 0.1) is 24.0 Å². The molecule has 0 unspecified atom stereocenters. The minimum atomic E-state index is -0.827. The molecule has 0 amide bonds. The number of nitrogens with zero attached hydrogens (tertiary/aromatic N) is 1. The number of ketones is 1. The Hall–Kier alpha value is -3.59. The van der Waals surface area contributed by atoms with Gasteiger partial charge in [-0.3, -0.25) is 9.59 Å². The second-order valence-corrected chi connectivity index (χ2v) is 7.90. The molecule has 3 aromatic rings. The van der Waals surface area contributed by atoms with Crippen molar-refractivity contribution in [3.05, 3.63) is 65.4 Å². The van der Waals surface area contributed by atoms with Gasteiger partial charge in [0.1, 0.15) is 0 Å². The SMILES string of the molecule is CCOC(=O)C1CCC(C#N)(c2ccc(O)c3oc(C(=O)c4ccccc4)cc23)CC1. The monoisotopic (exact) mass is 417 g/mol. The summed E-state index contributed by atoms with van der Waals surface area (Å²) in [7, 11) is 0. The molecule has 6 heteroatoms. The summed E-state index contributed by atoms with van der Waals surface area (Å²) in [6.07, 6.45) is 2.06. The number of rotatable bonds is 5. The van der Waals surface area contributed by atoms with E-state index in [0.717, 1.165) is 0 Å². The third-order valence-electron chi connectivity index (χ3n) is 6.11. The predicted molar refractivity (Wildman–Crippen MR) is 114 cm³/mol. The lowest BCUT2D eigenvalue weighted by Gasteiger charge is -2.34. The van der Waals surface area contributed by atoms with Gasteiger partial charge in [0.2, 0.25) is 5.78 Å². The number of carbonyl (C=O) groups is 2. The first-order valence-electron chi connectivity index (χ1n) is 10.4. The average molecular weight is 417 g/mol. The largest absolute Gasteiger partial charge is 0.504 e. The van der Waals surface area contributed by atoms with E-state index in [1.54, 1.807) is 43.3 Å². The lowest BCUT2D eigenvalue weighted by atomic mass is 9.67. The van der Waals surface area contributed by atoms with Gasteiger partial charge >= 0.3 is 5.97 Å². The summed E-state index contributed by atoms with van der Waals surface area (Å²) in [6.45, 7) is 2.12. The standard InChI is InChI=1S/C25H23NO5/c1-2-30-24(29)17-10-12-25(15-26,13-11-17)19-8-9-20(27)23-18(19)14-21(31-23)22(28)16-6-4-3-5-7-16/h3-9,14,17,27H,2,10-13H2,1H3. The Morgan fingerprint density at radius 2 is 1.90 bits per heavy atom. The van der Waals surface area contributed by atoms with Crippen molar-refractivity contribution >= 4 is 22.7 Å². The number of phenolic OH excluding ortho intramolecular Hbond substituents is 1. The van der Waals surface area contributed by atoms with Crippen LogP contribution in [0.4, 0.5) is 0 Å². The van der Waals surface area contributed by atoms with Gasteiger partial charge in [-0.2, -0.15) is 5.26 Å². The number of ether oxygens (including phenoxy) is 1. The van der Waals surface area contributed by atoms with Gasteiger partial charge in [-0.15, -0.1) is 0 Å². The zero-order valence-corrected chi connectivity index (χ0v) is 17.3. The Balaban J connectivity index is 1.72. The van der Waals surface area contributed by atoms with Gasteiger partial charge in [0.15, 0.2) is 17.1 Å². The predicted octanol–water partition coefficient (Wildman–Crippen LogP) is 4.88. The molecule has 0 spiro atoms. The highest BCUT2D eigenvalue weighted by Gasteiger charge is 2.41. The van der Waals surface area contributed by atoms with E-state index >= 15 is 0 Å². The molecule has 1 saturated carbocycles. The first-order valence-corrected chi connectivity index (χ1v) is 10.4. The molecule has 6 nitrogen and oxygen atoms in total. The van der Waals surface area contributed by atoms with Crippen LogP contribution in [0, 0.1) is 17.2 Å². The fourth-order valence-corrected chi connectivity index (χ4v) is 4.42. The maximum atomic E-state index is 12.9. The van der Waals surface area contributed by atoms with Crippen LogP contribution in [0.5, 0.6) is 5.75 Å². The molecular weight excluding hydrogens is 394 g/mol. The minimum Gasteiger partial charge on any atom is -0.504 e. The van der Waals surface area contributed by atoms with Crippen LogP contribution in [-0.4, -0.2) is 23.5 Å². The van der Waals surface area contributed by atoms with Crippen LogP contribution in [0.25, 0.3) is 11.0 Å². The second kappa shape index (κ2) is 8.27. The van der Waals surface area contributed by atoms with Crippen LogP contribution in [-0.2, 0) is 14.9 Å².